The van der Waals surface area contributed by atoms with E-state index in [9.17, 15) is 9.59 Å². The van der Waals surface area contributed by atoms with Crippen LogP contribution < -0.4 is 16.0 Å². The van der Waals surface area contributed by atoms with Crippen molar-refractivity contribution >= 4 is 11.8 Å². The molecule has 1 aliphatic carbocycles. The van der Waals surface area contributed by atoms with Crippen molar-refractivity contribution in [3.05, 3.63) is 35.4 Å². The van der Waals surface area contributed by atoms with E-state index >= 15 is 0 Å². The standard InChI is InChI=1S/C21H32N4O2/c26-20(23-10-3-13-25-14-11-22-12-15-25)19-8-6-17(7-9-19)16-24-21(27)18-4-1-2-5-18/h6-9,18,22H,1-5,10-16H2,(H,23,26)(H,24,27). The molecule has 27 heavy (non-hydrogen) atoms. The SMILES string of the molecule is O=C(NCCCN1CCNCC1)c1ccc(CNC(=O)C2CCCC2)cc1. The summed E-state index contributed by atoms with van der Waals surface area (Å²) in [5.41, 5.74) is 1.69. The molecule has 1 saturated carbocycles. The zero-order chi connectivity index (χ0) is 18.9. The van der Waals surface area contributed by atoms with Crippen LogP contribution in [-0.4, -0.2) is 56.0 Å². The van der Waals surface area contributed by atoms with E-state index in [0.717, 1.165) is 70.4 Å². The lowest BCUT2D eigenvalue weighted by Crippen LogP contribution is -2.44. The van der Waals surface area contributed by atoms with E-state index in [4.69, 9.17) is 0 Å². The third-order valence-electron chi connectivity index (χ3n) is 5.56. The van der Waals surface area contributed by atoms with Crippen molar-refractivity contribution in [1.29, 1.82) is 0 Å². The molecule has 0 radical (unpaired) electrons. The molecule has 148 valence electrons. The molecule has 1 aromatic carbocycles. The van der Waals surface area contributed by atoms with Crippen molar-refractivity contribution in [2.75, 3.05) is 39.3 Å². The zero-order valence-electron chi connectivity index (χ0n) is 16.1. The van der Waals surface area contributed by atoms with Gasteiger partial charge in [-0.15, -0.1) is 0 Å². The van der Waals surface area contributed by atoms with Gasteiger partial charge in [0.25, 0.3) is 5.91 Å². The van der Waals surface area contributed by atoms with Crippen LogP contribution in [0.15, 0.2) is 24.3 Å². The zero-order valence-corrected chi connectivity index (χ0v) is 16.1. The summed E-state index contributed by atoms with van der Waals surface area (Å²) in [6.45, 7) is 6.55. The van der Waals surface area contributed by atoms with Gasteiger partial charge in [-0.1, -0.05) is 25.0 Å². The molecule has 3 N–H and O–H groups in total. The molecule has 3 rings (SSSR count). The fourth-order valence-electron chi connectivity index (χ4n) is 3.84. The molecule has 0 unspecified atom stereocenters. The van der Waals surface area contributed by atoms with E-state index in [0.29, 0.717) is 18.7 Å². The highest BCUT2D eigenvalue weighted by Crippen LogP contribution is 2.24. The van der Waals surface area contributed by atoms with Crippen LogP contribution in [0.4, 0.5) is 0 Å². The third kappa shape index (κ3) is 6.33. The summed E-state index contributed by atoms with van der Waals surface area (Å²) in [5, 5.41) is 9.35. The van der Waals surface area contributed by atoms with Crippen molar-refractivity contribution in [1.82, 2.24) is 20.9 Å². The Labute approximate surface area is 162 Å². The molecule has 2 aliphatic rings. The summed E-state index contributed by atoms with van der Waals surface area (Å²) in [6, 6.07) is 7.51. The second-order valence-corrected chi connectivity index (χ2v) is 7.60. The Morgan fingerprint density at radius 1 is 1.04 bits per heavy atom. The summed E-state index contributed by atoms with van der Waals surface area (Å²) in [7, 11) is 0. The number of piperazine rings is 1. The van der Waals surface area contributed by atoms with Gasteiger partial charge in [-0.3, -0.25) is 9.59 Å². The minimum absolute atomic E-state index is 0.0307. The first-order chi connectivity index (χ1) is 13.2. The smallest absolute Gasteiger partial charge is 0.251 e. The molecule has 1 aliphatic heterocycles. The first-order valence-corrected chi connectivity index (χ1v) is 10.3. The van der Waals surface area contributed by atoms with Gasteiger partial charge in [0.15, 0.2) is 0 Å². The van der Waals surface area contributed by atoms with Crippen LogP contribution in [0.3, 0.4) is 0 Å². The number of carbonyl (C=O) groups excluding carboxylic acids is 2. The number of nitrogens with one attached hydrogen (secondary N) is 3. The quantitative estimate of drug-likeness (QED) is 0.605. The largest absolute Gasteiger partial charge is 0.352 e. The molecule has 0 atom stereocenters. The Balaban J connectivity index is 1.34. The molecule has 2 amide bonds. The van der Waals surface area contributed by atoms with Crippen LogP contribution in [-0.2, 0) is 11.3 Å². The summed E-state index contributed by atoms with van der Waals surface area (Å²) in [6.07, 6.45) is 5.32. The number of rotatable bonds is 8. The van der Waals surface area contributed by atoms with Gasteiger partial charge in [-0.05, 0) is 43.5 Å². The highest BCUT2D eigenvalue weighted by molar-refractivity contribution is 5.94. The molecule has 1 saturated heterocycles. The lowest BCUT2D eigenvalue weighted by atomic mass is 10.1. The predicted molar refractivity (Wildman–Crippen MR) is 107 cm³/mol. The van der Waals surface area contributed by atoms with Crippen LogP contribution >= 0.6 is 0 Å². The van der Waals surface area contributed by atoms with Crippen molar-refractivity contribution in [3.8, 4) is 0 Å². The minimum atomic E-state index is -0.0307. The van der Waals surface area contributed by atoms with E-state index < -0.39 is 0 Å². The minimum Gasteiger partial charge on any atom is -0.352 e. The second-order valence-electron chi connectivity index (χ2n) is 7.60. The van der Waals surface area contributed by atoms with Gasteiger partial charge in [0.05, 0.1) is 0 Å². The van der Waals surface area contributed by atoms with E-state index in [1.807, 2.05) is 24.3 Å². The van der Waals surface area contributed by atoms with Crippen molar-refractivity contribution in [2.24, 2.45) is 5.92 Å². The molecular formula is C21H32N4O2. The van der Waals surface area contributed by atoms with Crippen molar-refractivity contribution < 1.29 is 9.59 Å². The molecule has 1 heterocycles. The number of benzene rings is 1. The second kappa shape index (κ2) is 10.4. The van der Waals surface area contributed by atoms with Crippen LogP contribution in [0.25, 0.3) is 0 Å². The Kier molecular flexibility index (Phi) is 7.66. The maximum atomic E-state index is 12.2. The third-order valence-corrected chi connectivity index (χ3v) is 5.56. The summed E-state index contributed by atoms with van der Waals surface area (Å²) >= 11 is 0. The average molecular weight is 373 g/mol. The summed E-state index contributed by atoms with van der Waals surface area (Å²) in [5.74, 6) is 0.326. The lowest BCUT2D eigenvalue weighted by Gasteiger charge is -2.27. The van der Waals surface area contributed by atoms with Gasteiger partial charge in [0.1, 0.15) is 0 Å². The molecule has 0 bridgehead atoms. The molecule has 1 aromatic rings. The number of hydrogen-bond acceptors (Lipinski definition) is 4. The number of carbonyl (C=O) groups is 2. The van der Waals surface area contributed by atoms with Crippen LogP contribution in [0.2, 0.25) is 0 Å². The molecule has 0 spiro atoms. The molecule has 0 aromatic heterocycles. The van der Waals surface area contributed by atoms with E-state index in [-0.39, 0.29) is 17.7 Å². The lowest BCUT2D eigenvalue weighted by molar-refractivity contribution is -0.124. The topological polar surface area (TPSA) is 73.5 Å². The van der Waals surface area contributed by atoms with Gasteiger partial charge < -0.3 is 20.9 Å². The van der Waals surface area contributed by atoms with E-state index in [1.165, 1.54) is 0 Å². The highest BCUT2D eigenvalue weighted by atomic mass is 16.2. The fraction of sp³-hybridized carbons (Fsp3) is 0.619. The van der Waals surface area contributed by atoms with E-state index in [1.54, 1.807) is 0 Å². The van der Waals surface area contributed by atoms with Gasteiger partial charge in [-0.2, -0.15) is 0 Å². The maximum absolute atomic E-state index is 12.2. The van der Waals surface area contributed by atoms with Gasteiger partial charge in [-0.25, -0.2) is 0 Å². The highest BCUT2D eigenvalue weighted by Gasteiger charge is 2.22. The summed E-state index contributed by atoms with van der Waals surface area (Å²) < 4.78 is 0. The van der Waals surface area contributed by atoms with E-state index in [2.05, 4.69) is 20.9 Å². The Hall–Kier alpha value is -1.92. The van der Waals surface area contributed by atoms with Gasteiger partial charge in [0, 0.05) is 50.7 Å². The summed E-state index contributed by atoms with van der Waals surface area (Å²) in [4.78, 5) is 26.7. The molecule has 2 fully saturated rings. The van der Waals surface area contributed by atoms with Gasteiger partial charge in [0.2, 0.25) is 5.91 Å². The van der Waals surface area contributed by atoms with Crippen molar-refractivity contribution in [3.63, 3.8) is 0 Å². The van der Waals surface area contributed by atoms with Crippen LogP contribution in [0.1, 0.15) is 48.0 Å². The molecule has 6 nitrogen and oxygen atoms in total. The first-order valence-electron chi connectivity index (χ1n) is 10.3. The number of hydrogen-bond donors (Lipinski definition) is 3. The van der Waals surface area contributed by atoms with Crippen LogP contribution in [0, 0.1) is 5.92 Å². The Morgan fingerprint density at radius 2 is 1.74 bits per heavy atom. The predicted octanol–water partition coefficient (Wildman–Crippen LogP) is 1.52. The maximum Gasteiger partial charge on any atom is 0.251 e. The van der Waals surface area contributed by atoms with Gasteiger partial charge >= 0.3 is 0 Å². The number of nitrogens with zero attached hydrogens (tertiary/aromatic N) is 1. The normalized spacial score (nSPS) is 18.4. The molecular weight excluding hydrogens is 340 g/mol. The number of amides is 2. The first kappa shape index (κ1) is 19.8. The van der Waals surface area contributed by atoms with Crippen LogP contribution in [0.5, 0.6) is 0 Å². The average Bonchev–Trinajstić information content (AvgIpc) is 3.25. The Bertz CT molecular complexity index is 605. The monoisotopic (exact) mass is 372 g/mol. The van der Waals surface area contributed by atoms with Crippen molar-refractivity contribution in [2.45, 2.75) is 38.6 Å². The fourth-order valence-corrected chi connectivity index (χ4v) is 3.84. The molecule has 6 heteroatoms. The Morgan fingerprint density at radius 3 is 2.44 bits per heavy atom.